The molecule has 22 heavy (non-hydrogen) atoms. The van der Waals surface area contributed by atoms with Crippen LogP contribution in [-0.2, 0) is 17.8 Å². The van der Waals surface area contributed by atoms with E-state index in [1.807, 2.05) is 30.3 Å². The first-order chi connectivity index (χ1) is 10.7. The van der Waals surface area contributed by atoms with E-state index in [1.54, 1.807) is 0 Å². The zero-order valence-corrected chi connectivity index (χ0v) is 13.1. The number of hydrogen-bond acceptors (Lipinski definition) is 2. The summed E-state index contributed by atoms with van der Waals surface area (Å²) in [6.07, 6.45) is 2.19. The molecular formula is C18H19ClN2O. The van der Waals surface area contributed by atoms with E-state index in [2.05, 4.69) is 28.4 Å². The third-order valence-corrected chi connectivity index (χ3v) is 4.15. The second kappa shape index (κ2) is 6.84. The molecule has 2 aromatic rings. The Hall–Kier alpha value is -2.00. The second-order valence-electron chi connectivity index (χ2n) is 5.56. The Morgan fingerprint density at radius 1 is 1.18 bits per heavy atom. The summed E-state index contributed by atoms with van der Waals surface area (Å²) in [5.41, 5.74) is 3.53. The highest BCUT2D eigenvalue weighted by molar-refractivity contribution is 6.30. The van der Waals surface area contributed by atoms with Gasteiger partial charge in [-0.25, -0.2) is 0 Å². The third kappa shape index (κ3) is 3.60. The Morgan fingerprint density at radius 3 is 2.91 bits per heavy atom. The minimum atomic E-state index is 0.0386. The zero-order valence-electron chi connectivity index (χ0n) is 12.4. The predicted molar refractivity (Wildman–Crippen MR) is 90.3 cm³/mol. The van der Waals surface area contributed by atoms with Crippen molar-refractivity contribution < 1.29 is 4.79 Å². The topological polar surface area (TPSA) is 32.3 Å². The fourth-order valence-electron chi connectivity index (χ4n) is 2.85. The van der Waals surface area contributed by atoms with E-state index >= 15 is 0 Å². The van der Waals surface area contributed by atoms with E-state index in [0.717, 1.165) is 24.9 Å². The lowest BCUT2D eigenvalue weighted by atomic mass is 10.0. The Morgan fingerprint density at radius 2 is 2.05 bits per heavy atom. The summed E-state index contributed by atoms with van der Waals surface area (Å²) in [5.74, 6) is 0.0386. The molecule has 0 bridgehead atoms. The number of amides is 1. The average Bonchev–Trinajstić information content (AvgIpc) is 2.53. The number of carbonyl (C=O) groups excluding carboxylic acids is 1. The first-order valence-corrected chi connectivity index (χ1v) is 7.94. The Kier molecular flexibility index (Phi) is 4.64. The van der Waals surface area contributed by atoms with Crippen LogP contribution in [0.3, 0.4) is 0 Å². The number of hydrogen-bond donors (Lipinski definition) is 1. The van der Waals surface area contributed by atoms with Crippen LogP contribution in [0.1, 0.15) is 17.5 Å². The molecule has 0 fully saturated rings. The van der Waals surface area contributed by atoms with Gasteiger partial charge in [0.05, 0.1) is 6.54 Å². The van der Waals surface area contributed by atoms with E-state index in [9.17, 15) is 4.79 Å². The van der Waals surface area contributed by atoms with E-state index in [-0.39, 0.29) is 5.91 Å². The lowest BCUT2D eigenvalue weighted by molar-refractivity contribution is -0.119. The molecule has 1 aliphatic heterocycles. The van der Waals surface area contributed by atoms with Gasteiger partial charge in [0.15, 0.2) is 0 Å². The number of benzene rings is 2. The molecule has 0 aromatic heterocycles. The van der Waals surface area contributed by atoms with Gasteiger partial charge in [-0.3, -0.25) is 4.79 Å². The molecule has 0 unspecified atom stereocenters. The lowest BCUT2D eigenvalue weighted by Crippen LogP contribution is -2.39. The minimum Gasteiger partial charge on any atom is -0.362 e. The second-order valence-corrected chi connectivity index (χ2v) is 6.00. The summed E-state index contributed by atoms with van der Waals surface area (Å²) >= 11 is 5.95. The van der Waals surface area contributed by atoms with Crippen LogP contribution >= 0.6 is 11.6 Å². The lowest BCUT2D eigenvalue weighted by Gasteiger charge is -2.30. The van der Waals surface area contributed by atoms with Gasteiger partial charge in [0.2, 0.25) is 5.91 Å². The molecule has 4 heteroatoms. The van der Waals surface area contributed by atoms with Crippen LogP contribution < -0.4 is 10.2 Å². The third-order valence-electron chi connectivity index (χ3n) is 3.92. The maximum absolute atomic E-state index is 12.2. The number of nitrogens with one attached hydrogen (secondary N) is 1. The highest BCUT2D eigenvalue weighted by atomic mass is 35.5. The van der Waals surface area contributed by atoms with E-state index < -0.39 is 0 Å². The number of nitrogens with zero attached hydrogens (tertiary/aromatic N) is 1. The summed E-state index contributed by atoms with van der Waals surface area (Å²) in [6.45, 7) is 1.84. The maximum Gasteiger partial charge on any atom is 0.239 e. The van der Waals surface area contributed by atoms with Gasteiger partial charge >= 0.3 is 0 Å². The van der Waals surface area contributed by atoms with Crippen molar-refractivity contribution in [2.75, 3.05) is 18.0 Å². The number of fused-ring (bicyclic) bond motifs is 1. The van der Waals surface area contributed by atoms with Gasteiger partial charge in [0, 0.05) is 23.8 Å². The molecule has 1 heterocycles. The molecule has 2 aromatic carbocycles. The monoisotopic (exact) mass is 314 g/mol. The van der Waals surface area contributed by atoms with E-state index in [1.165, 1.54) is 11.3 Å². The van der Waals surface area contributed by atoms with Crippen LogP contribution in [0.2, 0.25) is 5.02 Å². The molecule has 0 radical (unpaired) electrons. The predicted octanol–water partition coefficient (Wildman–Crippen LogP) is 3.41. The van der Waals surface area contributed by atoms with E-state index in [0.29, 0.717) is 18.1 Å². The smallest absolute Gasteiger partial charge is 0.239 e. The van der Waals surface area contributed by atoms with Crippen molar-refractivity contribution in [2.24, 2.45) is 0 Å². The minimum absolute atomic E-state index is 0.0386. The van der Waals surface area contributed by atoms with Crippen LogP contribution in [0.25, 0.3) is 0 Å². The number of anilines is 1. The fraction of sp³-hybridized carbons (Fsp3) is 0.278. The van der Waals surface area contributed by atoms with Crippen molar-refractivity contribution in [1.29, 1.82) is 0 Å². The summed E-state index contributed by atoms with van der Waals surface area (Å²) in [5, 5.41) is 3.66. The van der Waals surface area contributed by atoms with Crippen LogP contribution in [0.5, 0.6) is 0 Å². The van der Waals surface area contributed by atoms with Crippen molar-refractivity contribution >= 4 is 23.2 Å². The van der Waals surface area contributed by atoms with Crippen molar-refractivity contribution in [1.82, 2.24) is 5.32 Å². The molecule has 0 saturated carbocycles. The maximum atomic E-state index is 12.2. The fourth-order valence-corrected chi connectivity index (χ4v) is 3.07. The van der Waals surface area contributed by atoms with E-state index in [4.69, 9.17) is 11.6 Å². The molecule has 1 amide bonds. The Bertz CT molecular complexity index is 672. The van der Waals surface area contributed by atoms with Gasteiger partial charge in [-0.2, -0.15) is 0 Å². The molecule has 3 nitrogen and oxygen atoms in total. The summed E-state index contributed by atoms with van der Waals surface area (Å²) < 4.78 is 0. The average molecular weight is 315 g/mol. The molecule has 0 saturated heterocycles. The van der Waals surface area contributed by atoms with Gasteiger partial charge in [0.25, 0.3) is 0 Å². The first kappa shape index (κ1) is 14.9. The summed E-state index contributed by atoms with van der Waals surface area (Å²) in [6, 6.07) is 15.9. The highest BCUT2D eigenvalue weighted by Crippen LogP contribution is 2.26. The molecule has 0 aliphatic carbocycles. The van der Waals surface area contributed by atoms with Crippen molar-refractivity contribution in [3.8, 4) is 0 Å². The van der Waals surface area contributed by atoms with Crippen LogP contribution in [-0.4, -0.2) is 19.0 Å². The van der Waals surface area contributed by atoms with Crippen LogP contribution in [0.15, 0.2) is 48.5 Å². The number of rotatable bonds is 4. The normalized spacial score (nSPS) is 13.6. The van der Waals surface area contributed by atoms with Gasteiger partial charge in [-0.05, 0) is 42.2 Å². The van der Waals surface area contributed by atoms with Gasteiger partial charge in [0.1, 0.15) is 0 Å². The SMILES string of the molecule is O=C(CN1CCCc2ccccc21)NCc1cccc(Cl)c1. The number of aryl methyl sites for hydroxylation is 1. The largest absolute Gasteiger partial charge is 0.362 e. The molecule has 1 aliphatic rings. The quantitative estimate of drug-likeness (QED) is 0.938. The van der Waals surface area contributed by atoms with Gasteiger partial charge in [-0.15, -0.1) is 0 Å². The highest BCUT2D eigenvalue weighted by Gasteiger charge is 2.18. The first-order valence-electron chi connectivity index (χ1n) is 7.56. The number of para-hydroxylation sites is 1. The molecule has 3 rings (SSSR count). The van der Waals surface area contributed by atoms with Crippen LogP contribution in [0.4, 0.5) is 5.69 Å². The summed E-state index contributed by atoms with van der Waals surface area (Å²) in [7, 11) is 0. The number of carbonyl (C=O) groups is 1. The van der Waals surface area contributed by atoms with Crippen molar-refractivity contribution in [3.05, 3.63) is 64.7 Å². The Labute approximate surface area is 135 Å². The molecule has 114 valence electrons. The molecular weight excluding hydrogens is 296 g/mol. The molecule has 1 N–H and O–H groups in total. The van der Waals surface area contributed by atoms with Gasteiger partial charge in [-0.1, -0.05) is 41.9 Å². The summed E-state index contributed by atoms with van der Waals surface area (Å²) in [4.78, 5) is 14.4. The van der Waals surface area contributed by atoms with Crippen LogP contribution in [0, 0.1) is 0 Å². The molecule has 0 spiro atoms. The number of halogens is 1. The van der Waals surface area contributed by atoms with Gasteiger partial charge < -0.3 is 10.2 Å². The standard InChI is InChI=1S/C18H19ClN2O/c19-16-8-3-5-14(11-16)12-20-18(22)13-21-10-4-7-15-6-1-2-9-17(15)21/h1-3,5-6,8-9,11H,4,7,10,12-13H2,(H,20,22). The molecule has 0 atom stereocenters. The Balaban J connectivity index is 1.59. The zero-order chi connectivity index (χ0) is 15.4. The van der Waals surface area contributed by atoms with Crippen molar-refractivity contribution in [3.63, 3.8) is 0 Å². The van der Waals surface area contributed by atoms with Crippen molar-refractivity contribution in [2.45, 2.75) is 19.4 Å².